The fourth-order valence-corrected chi connectivity index (χ4v) is 4.56. The quantitative estimate of drug-likeness (QED) is 0.471. The van der Waals surface area contributed by atoms with Crippen molar-refractivity contribution in [3.63, 3.8) is 0 Å². The van der Waals surface area contributed by atoms with Crippen LogP contribution in [0.5, 0.6) is 11.5 Å². The second kappa shape index (κ2) is 8.95. The minimum absolute atomic E-state index is 0.267. The molecule has 0 fully saturated rings. The van der Waals surface area contributed by atoms with Gasteiger partial charge in [-0.05, 0) is 36.9 Å². The van der Waals surface area contributed by atoms with E-state index < -0.39 is 17.2 Å². The van der Waals surface area contributed by atoms with Crippen LogP contribution in [0.2, 0.25) is 0 Å². The Morgan fingerprint density at radius 1 is 1.00 bits per heavy atom. The lowest BCUT2D eigenvalue weighted by molar-refractivity contribution is -0.116. The van der Waals surface area contributed by atoms with Crippen molar-refractivity contribution in [1.82, 2.24) is 9.13 Å². The molecule has 9 heteroatoms. The molecular weight excluding hydrogens is 442 g/mol. The molecule has 0 aliphatic rings. The van der Waals surface area contributed by atoms with Gasteiger partial charge in [0.1, 0.15) is 22.7 Å². The van der Waals surface area contributed by atoms with Gasteiger partial charge in [-0.3, -0.25) is 14.2 Å². The number of nitrogens with zero attached hydrogens (tertiary/aromatic N) is 2. The lowest BCUT2D eigenvalue weighted by Gasteiger charge is -2.14. The second-order valence-electron chi connectivity index (χ2n) is 7.58. The number of aryl methyl sites for hydroxylation is 2. The van der Waals surface area contributed by atoms with Crippen LogP contribution in [0.4, 0.5) is 5.69 Å². The molecule has 0 spiro atoms. The van der Waals surface area contributed by atoms with Crippen molar-refractivity contribution < 1.29 is 14.3 Å². The second-order valence-corrected chi connectivity index (χ2v) is 8.50. The maximum atomic E-state index is 13.4. The number of amides is 1. The molecule has 2 aromatic carbocycles. The number of nitrogens with one attached hydrogen (secondary N) is 1. The number of hydrogen-bond acceptors (Lipinski definition) is 6. The molecule has 0 aliphatic heterocycles. The van der Waals surface area contributed by atoms with Gasteiger partial charge in [0.2, 0.25) is 5.91 Å². The van der Waals surface area contributed by atoms with Crippen LogP contribution in [0.3, 0.4) is 0 Å². The summed E-state index contributed by atoms with van der Waals surface area (Å²) in [5.41, 5.74) is 2.24. The van der Waals surface area contributed by atoms with Crippen LogP contribution in [-0.2, 0) is 11.3 Å². The topological polar surface area (TPSA) is 91.6 Å². The van der Waals surface area contributed by atoms with Crippen molar-refractivity contribution in [3.05, 3.63) is 79.8 Å². The van der Waals surface area contributed by atoms with Gasteiger partial charge < -0.3 is 14.8 Å². The highest BCUT2D eigenvalue weighted by Gasteiger charge is 2.19. The summed E-state index contributed by atoms with van der Waals surface area (Å²) >= 11 is 1.24. The first kappa shape index (κ1) is 22.3. The summed E-state index contributed by atoms with van der Waals surface area (Å²) in [6.45, 7) is 3.52. The van der Waals surface area contributed by atoms with Gasteiger partial charge in [-0.15, -0.1) is 11.3 Å². The van der Waals surface area contributed by atoms with Crippen LogP contribution in [-0.4, -0.2) is 29.3 Å². The highest BCUT2D eigenvalue weighted by Crippen LogP contribution is 2.26. The van der Waals surface area contributed by atoms with Crippen LogP contribution in [0, 0.1) is 13.8 Å². The average molecular weight is 466 g/mol. The highest BCUT2D eigenvalue weighted by atomic mass is 32.1. The number of methoxy groups -OCH3 is 2. The van der Waals surface area contributed by atoms with Gasteiger partial charge in [0, 0.05) is 23.9 Å². The Labute approximate surface area is 193 Å². The third-order valence-corrected chi connectivity index (χ3v) is 6.18. The first-order valence-corrected chi connectivity index (χ1v) is 11.0. The molecule has 0 atom stereocenters. The summed E-state index contributed by atoms with van der Waals surface area (Å²) in [5, 5.41) is 4.51. The van der Waals surface area contributed by atoms with Crippen LogP contribution < -0.4 is 26.0 Å². The van der Waals surface area contributed by atoms with Gasteiger partial charge in [-0.1, -0.05) is 17.7 Å². The Kier molecular flexibility index (Phi) is 6.06. The van der Waals surface area contributed by atoms with Crippen LogP contribution >= 0.6 is 11.3 Å². The molecule has 170 valence electrons. The fourth-order valence-electron chi connectivity index (χ4n) is 3.73. The van der Waals surface area contributed by atoms with E-state index in [-0.39, 0.29) is 6.54 Å². The lowest BCUT2D eigenvalue weighted by Crippen LogP contribution is -2.40. The number of anilines is 1. The van der Waals surface area contributed by atoms with Crippen molar-refractivity contribution in [1.29, 1.82) is 0 Å². The number of hydrogen-bond donors (Lipinski definition) is 1. The van der Waals surface area contributed by atoms with Crippen molar-refractivity contribution >= 4 is 33.1 Å². The van der Waals surface area contributed by atoms with Crippen molar-refractivity contribution in [2.24, 2.45) is 0 Å². The van der Waals surface area contributed by atoms with E-state index in [1.54, 1.807) is 35.7 Å². The maximum Gasteiger partial charge on any atom is 0.336 e. The fraction of sp³-hybridized carbons (Fsp3) is 0.208. The van der Waals surface area contributed by atoms with E-state index in [4.69, 9.17) is 9.47 Å². The van der Waals surface area contributed by atoms with Gasteiger partial charge >= 0.3 is 5.69 Å². The highest BCUT2D eigenvalue weighted by molar-refractivity contribution is 7.17. The van der Waals surface area contributed by atoms with Crippen molar-refractivity contribution in [2.75, 3.05) is 19.5 Å². The Balaban J connectivity index is 1.77. The summed E-state index contributed by atoms with van der Waals surface area (Å²) in [6.07, 6.45) is 0. The molecule has 33 heavy (non-hydrogen) atoms. The zero-order valence-electron chi connectivity index (χ0n) is 18.7. The number of thiophene rings is 1. The summed E-state index contributed by atoms with van der Waals surface area (Å²) in [6, 6.07) is 12.2. The molecule has 2 heterocycles. The number of carbonyl (C=O) groups is 1. The maximum absolute atomic E-state index is 13.4. The van der Waals surface area contributed by atoms with E-state index >= 15 is 0 Å². The third-order valence-electron chi connectivity index (χ3n) is 5.28. The normalized spacial score (nSPS) is 10.9. The number of rotatable bonds is 6. The molecule has 0 saturated carbocycles. The van der Waals surface area contributed by atoms with E-state index in [0.29, 0.717) is 33.1 Å². The Hall–Kier alpha value is -3.85. The Morgan fingerprint density at radius 3 is 2.33 bits per heavy atom. The van der Waals surface area contributed by atoms with E-state index in [9.17, 15) is 14.4 Å². The summed E-state index contributed by atoms with van der Waals surface area (Å²) < 4.78 is 13.3. The predicted octanol–water partition coefficient (Wildman–Crippen LogP) is 3.49. The van der Waals surface area contributed by atoms with E-state index in [1.807, 2.05) is 26.0 Å². The SMILES string of the molecule is COc1cc(NC(=O)Cn2c(=O)n(-c3ccc(C)cc3C)c(=O)c3sccc32)cc(OC)c1. The largest absolute Gasteiger partial charge is 0.497 e. The Bertz CT molecular complexity index is 1460. The molecular formula is C24H23N3O5S. The molecule has 0 radical (unpaired) electrons. The van der Waals surface area contributed by atoms with Gasteiger partial charge in [-0.2, -0.15) is 0 Å². The van der Waals surface area contributed by atoms with Gasteiger partial charge in [0.25, 0.3) is 5.56 Å². The number of aromatic nitrogens is 2. The van der Waals surface area contributed by atoms with E-state index in [1.165, 1.54) is 30.1 Å². The van der Waals surface area contributed by atoms with Crippen molar-refractivity contribution in [3.8, 4) is 17.2 Å². The molecule has 1 amide bonds. The molecule has 0 bridgehead atoms. The monoisotopic (exact) mass is 465 g/mol. The molecule has 1 N–H and O–H groups in total. The molecule has 2 aromatic heterocycles. The lowest BCUT2D eigenvalue weighted by atomic mass is 10.1. The number of benzene rings is 2. The predicted molar refractivity (Wildman–Crippen MR) is 129 cm³/mol. The van der Waals surface area contributed by atoms with E-state index in [2.05, 4.69) is 5.32 Å². The number of ether oxygens (including phenoxy) is 2. The van der Waals surface area contributed by atoms with Gasteiger partial charge in [0.15, 0.2) is 0 Å². The third kappa shape index (κ3) is 4.27. The van der Waals surface area contributed by atoms with Crippen molar-refractivity contribution in [2.45, 2.75) is 20.4 Å². The summed E-state index contributed by atoms with van der Waals surface area (Å²) in [5.74, 6) is 0.613. The van der Waals surface area contributed by atoms with Crippen LogP contribution in [0.1, 0.15) is 11.1 Å². The van der Waals surface area contributed by atoms with Crippen LogP contribution in [0.25, 0.3) is 15.9 Å². The van der Waals surface area contributed by atoms with E-state index in [0.717, 1.165) is 15.7 Å². The molecule has 0 saturated heterocycles. The molecule has 4 aromatic rings. The molecule has 8 nitrogen and oxygen atoms in total. The standard InChI is InChI=1S/C24H23N3O5S/c1-14-5-6-19(15(2)9-14)27-23(29)22-20(7-8-33-22)26(24(27)30)13-21(28)25-16-10-17(31-3)12-18(11-16)32-4/h5-12H,13H2,1-4H3,(H,25,28). The molecule has 4 rings (SSSR count). The first-order chi connectivity index (χ1) is 15.8. The average Bonchev–Trinajstić information content (AvgIpc) is 3.28. The minimum atomic E-state index is -0.573. The number of carbonyl (C=O) groups excluding carboxylic acids is 1. The molecule has 0 aliphatic carbocycles. The summed E-state index contributed by atoms with van der Waals surface area (Å²) in [7, 11) is 3.03. The molecule has 0 unspecified atom stereocenters. The number of fused-ring (bicyclic) bond motifs is 1. The minimum Gasteiger partial charge on any atom is -0.497 e. The van der Waals surface area contributed by atoms with Crippen LogP contribution in [0.15, 0.2) is 57.4 Å². The zero-order valence-corrected chi connectivity index (χ0v) is 19.5. The smallest absolute Gasteiger partial charge is 0.336 e. The van der Waals surface area contributed by atoms with Gasteiger partial charge in [-0.25, -0.2) is 9.36 Å². The summed E-state index contributed by atoms with van der Waals surface area (Å²) in [4.78, 5) is 39.5. The van der Waals surface area contributed by atoms with Gasteiger partial charge in [0.05, 0.1) is 25.4 Å². The Morgan fingerprint density at radius 2 is 1.70 bits per heavy atom. The first-order valence-electron chi connectivity index (χ1n) is 10.2. The zero-order chi connectivity index (χ0) is 23.7.